The normalized spacial score (nSPS) is 21.1. The third-order valence-electron chi connectivity index (χ3n) is 4.66. The Morgan fingerprint density at radius 3 is 2.67 bits per heavy atom. The summed E-state index contributed by atoms with van der Waals surface area (Å²) >= 11 is 0. The number of piperidine rings is 1. The number of carbonyl (C=O) groups excluding carboxylic acids is 1. The first kappa shape index (κ1) is 21.7. The second kappa shape index (κ2) is 8.58. The summed E-state index contributed by atoms with van der Waals surface area (Å²) in [6.45, 7) is 9.53. The molecule has 1 aliphatic heterocycles. The zero-order valence-corrected chi connectivity index (χ0v) is 17.6. The number of sulfonamides is 1. The van der Waals surface area contributed by atoms with E-state index in [1.807, 2.05) is 26.8 Å². The zero-order valence-electron chi connectivity index (χ0n) is 16.8. The van der Waals surface area contributed by atoms with Crippen LogP contribution in [-0.4, -0.2) is 51.2 Å². The molecule has 1 aromatic carbocycles. The van der Waals surface area contributed by atoms with Crippen molar-refractivity contribution in [2.45, 2.75) is 57.2 Å². The molecule has 0 spiro atoms. The van der Waals surface area contributed by atoms with Gasteiger partial charge in [0.05, 0.1) is 4.90 Å². The second-order valence-corrected chi connectivity index (χ2v) is 9.92. The van der Waals surface area contributed by atoms with Crippen molar-refractivity contribution < 1.29 is 17.9 Å². The van der Waals surface area contributed by atoms with Crippen molar-refractivity contribution in [3.63, 3.8) is 0 Å². The largest absolute Gasteiger partial charge is 0.444 e. The highest BCUT2D eigenvalue weighted by Gasteiger charge is 2.31. The quantitative estimate of drug-likeness (QED) is 0.796. The minimum atomic E-state index is -3.46. The number of amides is 1. The highest BCUT2D eigenvalue weighted by molar-refractivity contribution is 7.89. The second-order valence-electron chi connectivity index (χ2n) is 8.03. The molecule has 1 heterocycles. The summed E-state index contributed by atoms with van der Waals surface area (Å²) in [5.74, 6) is 0.410. The summed E-state index contributed by atoms with van der Waals surface area (Å²) < 4.78 is 31.7. The Labute approximate surface area is 162 Å². The molecule has 2 atom stereocenters. The summed E-state index contributed by atoms with van der Waals surface area (Å²) in [6, 6.07) is 6.98. The van der Waals surface area contributed by atoms with Crippen molar-refractivity contribution in [3.05, 3.63) is 29.8 Å². The number of benzene rings is 1. The van der Waals surface area contributed by atoms with Crippen LogP contribution in [0.15, 0.2) is 29.2 Å². The van der Waals surface area contributed by atoms with E-state index in [1.165, 1.54) is 7.05 Å². The van der Waals surface area contributed by atoms with Crippen LogP contribution in [0.4, 0.5) is 4.79 Å². The molecule has 1 fully saturated rings. The fourth-order valence-corrected chi connectivity index (χ4v) is 3.82. The maximum absolute atomic E-state index is 12.3. The van der Waals surface area contributed by atoms with Crippen LogP contribution in [-0.2, 0) is 21.3 Å². The molecule has 0 aliphatic carbocycles. The number of ether oxygens (including phenoxy) is 1. The molecule has 7 nitrogen and oxygen atoms in total. The highest BCUT2D eigenvalue weighted by Crippen LogP contribution is 2.20. The van der Waals surface area contributed by atoms with Gasteiger partial charge in [-0.3, -0.25) is 0 Å². The minimum Gasteiger partial charge on any atom is -0.444 e. The van der Waals surface area contributed by atoms with Crippen molar-refractivity contribution >= 4 is 16.1 Å². The molecule has 1 amide bonds. The van der Waals surface area contributed by atoms with Crippen LogP contribution in [0.2, 0.25) is 0 Å². The van der Waals surface area contributed by atoms with Crippen molar-refractivity contribution in [2.75, 3.05) is 20.1 Å². The first-order chi connectivity index (χ1) is 12.5. The van der Waals surface area contributed by atoms with Gasteiger partial charge in [-0.2, -0.15) is 0 Å². The van der Waals surface area contributed by atoms with Gasteiger partial charge in [0.2, 0.25) is 10.0 Å². The molecule has 0 aromatic heterocycles. The van der Waals surface area contributed by atoms with Crippen LogP contribution >= 0.6 is 0 Å². The standard InChI is InChI=1S/C19H31N3O4S/c1-14-9-10-22(18(23)26-19(2,3)4)13-17(14)21-12-15-7-6-8-16(11-15)27(24,25)20-5/h6-8,11,14,17,20-21H,9-10,12-13H2,1-5H3/t14-,17-/m1/s1. The Kier molecular flexibility index (Phi) is 6.88. The van der Waals surface area contributed by atoms with Crippen LogP contribution < -0.4 is 10.0 Å². The SMILES string of the molecule is CNS(=O)(=O)c1cccc(CN[C@@H]2CN(C(=O)OC(C)(C)C)CC[C@H]2C)c1. The molecule has 1 aliphatic rings. The minimum absolute atomic E-state index is 0.121. The van der Waals surface area contributed by atoms with E-state index in [4.69, 9.17) is 4.74 Å². The average molecular weight is 398 g/mol. The lowest BCUT2D eigenvalue weighted by atomic mass is 9.93. The van der Waals surface area contributed by atoms with Gasteiger partial charge in [-0.1, -0.05) is 19.1 Å². The Hall–Kier alpha value is -1.64. The fraction of sp³-hybridized carbons (Fsp3) is 0.632. The molecule has 1 saturated heterocycles. The molecule has 27 heavy (non-hydrogen) atoms. The smallest absolute Gasteiger partial charge is 0.410 e. The molecular formula is C19H31N3O4S. The monoisotopic (exact) mass is 397 g/mol. The lowest BCUT2D eigenvalue weighted by molar-refractivity contribution is 0.0147. The summed E-state index contributed by atoms with van der Waals surface area (Å²) in [4.78, 5) is 14.3. The van der Waals surface area contributed by atoms with E-state index >= 15 is 0 Å². The molecule has 152 valence electrons. The van der Waals surface area contributed by atoms with Gasteiger partial charge in [0.1, 0.15) is 5.60 Å². The molecule has 1 aromatic rings. The number of carbonyl (C=O) groups is 1. The van der Waals surface area contributed by atoms with Crippen LogP contribution in [0.5, 0.6) is 0 Å². The first-order valence-corrected chi connectivity index (χ1v) is 10.7. The number of rotatable bonds is 5. The van der Waals surface area contributed by atoms with Gasteiger partial charge in [-0.05, 0) is 57.9 Å². The van der Waals surface area contributed by atoms with Crippen LogP contribution in [0, 0.1) is 5.92 Å². The summed E-state index contributed by atoms with van der Waals surface area (Å²) in [5.41, 5.74) is 0.371. The van der Waals surface area contributed by atoms with Gasteiger partial charge < -0.3 is 15.0 Å². The van der Waals surface area contributed by atoms with Crippen molar-refractivity contribution in [1.29, 1.82) is 0 Å². The van der Waals surface area contributed by atoms with E-state index < -0.39 is 15.6 Å². The van der Waals surface area contributed by atoms with Crippen molar-refractivity contribution in [1.82, 2.24) is 14.9 Å². The van der Waals surface area contributed by atoms with Crippen LogP contribution in [0.3, 0.4) is 0 Å². The predicted octanol–water partition coefficient (Wildman–Crippen LogP) is 2.33. The molecule has 2 rings (SSSR count). The first-order valence-electron chi connectivity index (χ1n) is 9.25. The number of hydrogen-bond acceptors (Lipinski definition) is 5. The Morgan fingerprint density at radius 2 is 2.04 bits per heavy atom. The molecular weight excluding hydrogens is 366 g/mol. The van der Waals surface area contributed by atoms with E-state index in [2.05, 4.69) is 17.0 Å². The van der Waals surface area contributed by atoms with Gasteiger partial charge in [0, 0.05) is 25.7 Å². The van der Waals surface area contributed by atoms with Gasteiger partial charge in [0.25, 0.3) is 0 Å². The molecule has 8 heteroatoms. The Bertz CT molecular complexity index is 758. The van der Waals surface area contributed by atoms with Crippen molar-refractivity contribution in [2.24, 2.45) is 5.92 Å². The van der Waals surface area contributed by atoms with E-state index in [-0.39, 0.29) is 17.0 Å². The Morgan fingerprint density at radius 1 is 1.33 bits per heavy atom. The molecule has 0 saturated carbocycles. The lowest BCUT2D eigenvalue weighted by Gasteiger charge is -2.38. The number of nitrogens with zero attached hydrogens (tertiary/aromatic N) is 1. The van der Waals surface area contributed by atoms with E-state index in [1.54, 1.807) is 23.1 Å². The molecule has 0 radical (unpaired) electrons. The number of nitrogens with one attached hydrogen (secondary N) is 2. The van der Waals surface area contributed by atoms with E-state index in [9.17, 15) is 13.2 Å². The van der Waals surface area contributed by atoms with Crippen LogP contribution in [0.1, 0.15) is 39.7 Å². The summed E-state index contributed by atoms with van der Waals surface area (Å²) in [6.07, 6.45) is 0.605. The Balaban J connectivity index is 2.00. The topological polar surface area (TPSA) is 87.7 Å². The van der Waals surface area contributed by atoms with Crippen molar-refractivity contribution in [3.8, 4) is 0 Å². The van der Waals surface area contributed by atoms with E-state index in [0.717, 1.165) is 12.0 Å². The fourth-order valence-electron chi connectivity index (χ4n) is 3.02. The van der Waals surface area contributed by atoms with E-state index in [0.29, 0.717) is 25.6 Å². The summed E-state index contributed by atoms with van der Waals surface area (Å²) in [7, 11) is -2.06. The third-order valence-corrected chi connectivity index (χ3v) is 6.07. The molecule has 2 N–H and O–H groups in total. The number of likely N-dealkylation sites (tertiary alicyclic amines) is 1. The van der Waals surface area contributed by atoms with Gasteiger partial charge in [-0.15, -0.1) is 0 Å². The van der Waals surface area contributed by atoms with Gasteiger partial charge in [-0.25, -0.2) is 17.9 Å². The van der Waals surface area contributed by atoms with Gasteiger partial charge >= 0.3 is 6.09 Å². The maximum atomic E-state index is 12.3. The lowest BCUT2D eigenvalue weighted by Crippen LogP contribution is -2.52. The highest BCUT2D eigenvalue weighted by atomic mass is 32.2. The third kappa shape index (κ3) is 6.19. The van der Waals surface area contributed by atoms with Crippen LogP contribution in [0.25, 0.3) is 0 Å². The molecule has 0 bridgehead atoms. The average Bonchev–Trinajstić information content (AvgIpc) is 2.59. The zero-order chi connectivity index (χ0) is 20.2. The predicted molar refractivity (Wildman–Crippen MR) is 105 cm³/mol. The molecule has 0 unspecified atom stereocenters. The maximum Gasteiger partial charge on any atom is 0.410 e. The number of hydrogen-bond donors (Lipinski definition) is 2. The van der Waals surface area contributed by atoms with Gasteiger partial charge in [0.15, 0.2) is 0 Å². The summed E-state index contributed by atoms with van der Waals surface area (Å²) in [5, 5.41) is 3.47.